The van der Waals surface area contributed by atoms with Crippen LogP contribution in [0, 0.1) is 5.41 Å². The molecule has 0 aliphatic carbocycles. The number of ether oxygens (including phenoxy) is 2. The van der Waals surface area contributed by atoms with Gasteiger partial charge in [0, 0.05) is 0 Å². The Morgan fingerprint density at radius 2 is 2.09 bits per heavy atom. The predicted molar refractivity (Wildman–Crippen MR) is 94.3 cm³/mol. The highest BCUT2D eigenvalue weighted by molar-refractivity contribution is 9.39. The third kappa shape index (κ3) is 4.20. The lowest BCUT2D eigenvalue weighted by Crippen LogP contribution is -2.24. The summed E-state index contributed by atoms with van der Waals surface area (Å²) in [7, 11) is 1.25. The molecule has 1 aromatic carbocycles. The van der Waals surface area contributed by atoms with Gasteiger partial charge < -0.3 is 9.47 Å². The molecule has 0 aliphatic heterocycles. The summed E-state index contributed by atoms with van der Waals surface area (Å²) in [5.41, 5.74) is 1.24. The summed E-state index contributed by atoms with van der Waals surface area (Å²) in [5, 5.41) is 10.6. The lowest BCUT2D eigenvalue weighted by Gasteiger charge is -2.16. The van der Waals surface area contributed by atoms with Crippen LogP contribution in [0.1, 0.15) is 0 Å². The van der Waals surface area contributed by atoms with E-state index in [1.54, 1.807) is 18.2 Å². The van der Waals surface area contributed by atoms with Crippen molar-refractivity contribution in [2.24, 2.45) is 0 Å². The molecule has 1 amide bonds. The smallest absolute Gasteiger partial charge is 0.413 e. The van der Waals surface area contributed by atoms with Gasteiger partial charge in [0.2, 0.25) is 5.95 Å². The third-order valence-electron chi connectivity index (χ3n) is 2.54. The molecule has 22 heavy (non-hydrogen) atoms. The van der Waals surface area contributed by atoms with Gasteiger partial charge in [-0.1, -0.05) is 59.9 Å². The number of hydrogen-bond donors (Lipinski definition) is 2. The number of para-hydroxylation sites is 2. The summed E-state index contributed by atoms with van der Waals surface area (Å²) in [6, 6.07) is 6.96. The first-order valence-corrected chi connectivity index (χ1v) is 8.30. The normalized spacial score (nSPS) is 11.3. The molecule has 0 saturated heterocycles. The molecule has 1 heterocycles. The molecule has 0 bridgehead atoms. The van der Waals surface area contributed by atoms with Crippen LogP contribution in [-0.2, 0) is 9.47 Å². The minimum Gasteiger partial charge on any atom is -0.461 e. The Bertz CT molecular complexity index is 711. The van der Waals surface area contributed by atoms with E-state index in [0.29, 0.717) is 11.0 Å². The van der Waals surface area contributed by atoms with Crippen molar-refractivity contribution in [3.8, 4) is 0 Å². The number of alkyl halides is 3. The van der Waals surface area contributed by atoms with Crippen LogP contribution in [0.3, 0.4) is 0 Å². The monoisotopic (exact) mass is 496 g/mol. The van der Waals surface area contributed by atoms with E-state index >= 15 is 0 Å². The molecule has 2 rings (SSSR count). The topological polar surface area (TPSA) is 89.2 Å². The van der Waals surface area contributed by atoms with Crippen LogP contribution in [0.2, 0.25) is 0 Å². The molecule has 0 unspecified atom stereocenters. The molecule has 0 fully saturated rings. The van der Waals surface area contributed by atoms with E-state index in [9.17, 15) is 4.79 Å². The maximum Gasteiger partial charge on any atom is 0.413 e. The van der Waals surface area contributed by atoms with Crippen LogP contribution in [0.25, 0.3) is 11.0 Å². The van der Waals surface area contributed by atoms with Crippen molar-refractivity contribution in [1.82, 2.24) is 9.55 Å². The summed E-state index contributed by atoms with van der Waals surface area (Å²) < 4.78 is 10.7. The van der Waals surface area contributed by atoms with E-state index in [1.165, 1.54) is 11.7 Å². The second kappa shape index (κ2) is 6.97. The summed E-state index contributed by atoms with van der Waals surface area (Å²) in [4.78, 5) is 15.7. The van der Waals surface area contributed by atoms with Crippen molar-refractivity contribution in [2.45, 2.75) is 2.14 Å². The number of hydrogen-bond acceptors (Lipinski definition) is 5. The van der Waals surface area contributed by atoms with Crippen LogP contribution < -0.4 is 5.32 Å². The van der Waals surface area contributed by atoms with Crippen molar-refractivity contribution in [3.63, 3.8) is 0 Å². The molecule has 0 aliphatic rings. The maximum atomic E-state index is 11.4. The van der Waals surface area contributed by atoms with Gasteiger partial charge >= 0.3 is 6.09 Å². The highest BCUT2D eigenvalue weighted by atomic mass is 80.0. The minimum atomic E-state index is -0.680. The first kappa shape index (κ1) is 17.2. The number of fused-ring (bicyclic) bond motifs is 1. The number of amides is 1. The first-order valence-electron chi connectivity index (χ1n) is 5.93. The number of rotatable bonds is 2. The van der Waals surface area contributed by atoms with E-state index in [2.05, 4.69) is 62.8 Å². The Labute approximate surface area is 151 Å². The summed E-state index contributed by atoms with van der Waals surface area (Å²) >= 11 is 9.86. The number of halogens is 3. The van der Waals surface area contributed by atoms with Crippen LogP contribution >= 0.6 is 47.8 Å². The van der Waals surface area contributed by atoms with Crippen LogP contribution in [0.5, 0.6) is 0 Å². The molecule has 2 N–H and O–H groups in total. The van der Waals surface area contributed by atoms with E-state index in [4.69, 9.17) is 10.1 Å². The highest BCUT2D eigenvalue weighted by Gasteiger charge is 2.22. The SMILES string of the molecule is COC(=O)Nc1nc2ccccc2n1C(=N)OCC(Br)(Br)Br. The fourth-order valence-electron chi connectivity index (χ4n) is 1.67. The van der Waals surface area contributed by atoms with Gasteiger partial charge in [-0.15, -0.1) is 0 Å². The Morgan fingerprint density at radius 1 is 1.41 bits per heavy atom. The van der Waals surface area contributed by atoms with Crippen LogP contribution in [0.4, 0.5) is 10.7 Å². The minimum absolute atomic E-state index is 0.121. The molecule has 7 nitrogen and oxygen atoms in total. The number of nitrogens with zero attached hydrogens (tertiary/aromatic N) is 2. The van der Waals surface area contributed by atoms with Gasteiger partial charge in [-0.25, -0.2) is 14.3 Å². The standard InChI is InChI=1S/C12H11Br3N4O3/c1-21-11(20)18-10-17-7-4-2-3-5-8(7)19(10)9(16)22-6-12(13,14)15/h2-5,16H,6H2,1H3,(H,17,18,20). The van der Waals surface area contributed by atoms with Gasteiger partial charge in [-0.2, -0.15) is 0 Å². The second-order valence-electron chi connectivity index (χ2n) is 4.09. The zero-order chi connectivity index (χ0) is 16.3. The molecule has 0 atom stereocenters. The van der Waals surface area contributed by atoms with Crippen molar-refractivity contribution in [2.75, 3.05) is 19.0 Å². The average Bonchev–Trinajstić information content (AvgIpc) is 2.81. The van der Waals surface area contributed by atoms with E-state index < -0.39 is 8.24 Å². The predicted octanol–water partition coefficient (Wildman–Crippen LogP) is 3.85. The molecule has 118 valence electrons. The summed E-state index contributed by atoms with van der Waals surface area (Å²) in [6.45, 7) is 0.121. The molecule has 0 saturated carbocycles. The Balaban J connectivity index is 2.38. The lowest BCUT2D eigenvalue weighted by molar-refractivity contribution is 0.186. The van der Waals surface area contributed by atoms with Crippen molar-refractivity contribution >= 4 is 76.9 Å². The van der Waals surface area contributed by atoms with Gasteiger partial charge in [-0.3, -0.25) is 10.7 Å². The summed E-state index contributed by atoms with van der Waals surface area (Å²) in [6.07, 6.45) is -0.680. The molecular weight excluding hydrogens is 488 g/mol. The van der Waals surface area contributed by atoms with E-state index in [-0.39, 0.29) is 18.6 Å². The number of carbonyl (C=O) groups is 1. The fraction of sp³-hybridized carbons (Fsp3) is 0.250. The Hall–Kier alpha value is -1.13. The molecule has 10 heteroatoms. The quantitative estimate of drug-likeness (QED) is 0.374. The number of methoxy groups -OCH3 is 1. The Kier molecular flexibility index (Phi) is 5.45. The van der Waals surface area contributed by atoms with Gasteiger partial charge in [0.15, 0.2) is 2.14 Å². The highest BCUT2D eigenvalue weighted by Crippen LogP contribution is 2.33. The summed E-state index contributed by atoms with van der Waals surface area (Å²) in [5.74, 6) is 0.141. The number of carbonyl (C=O) groups excluding carboxylic acids is 1. The van der Waals surface area contributed by atoms with E-state index in [1.807, 2.05) is 6.07 Å². The molecule has 0 spiro atoms. The van der Waals surface area contributed by atoms with Gasteiger partial charge in [0.25, 0.3) is 6.02 Å². The number of benzene rings is 1. The molecular formula is C12H11Br3N4O3. The maximum absolute atomic E-state index is 11.4. The van der Waals surface area contributed by atoms with Gasteiger partial charge in [-0.05, 0) is 12.1 Å². The van der Waals surface area contributed by atoms with Crippen molar-refractivity contribution in [1.29, 1.82) is 5.41 Å². The number of aromatic nitrogens is 2. The zero-order valence-corrected chi connectivity index (χ0v) is 16.0. The van der Waals surface area contributed by atoms with Crippen LogP contribution in [-0.4, -0.2) is 37.5 Å². The average molecular weight is 499 g/mol. The Morgan fingerprint density at radius 3 is 2.73 bits per heavy atom. The number of imidazole rings is 1. The largest absolute Gasteiger partial charge is 0.461 e. The zero-order valence-electron chi connectivity index (χ0n) is 11.3. The molecule has 1 aromatic heterocycles. The van der Waals surface area contributed by atoms with Gasteiger partial charge in [0.05, 0.1) is 18.1 Å². The van der Waals surface area contributed by atoms with Gasteiger partial charge in [0.1, 0.15) is 6.61 Å². The third-order valence-corrected chi connectivity index (χ3v) is 3.22. The second-order valence-corrected chi connectivity index (χ2v) is 11.3. The lowest BCUT2D eigenvalue weighted by atomic mass is 10.3. The fourth-order valence-corrected chi connectivity index (χ4v) is 2.02. The van der Waals surface area contributed by atoms with Crippen molar-refractivity contribution in [3.05, 3.63) is 24.3 Å². The van der Waals surface area contributed by atoms with E-state index in [0.717, 1.165) is 0 Å². The number of anilines is 1. The van der Waals surface area contributed by atoms with Crippen molar-refractivity contribution < 1.29 is 14.3 Å². The molecule has 0 radical (unpaired) electrons. The van der Waals surface area contributed by atoms with Crippen LogP contribution in [0.15, 0.2) is 24.3 Å². The number of nitrogens with one attached hydrogen (secondary N) is 2. The molecule has 2 aromatic rings. The first-order chi connectivity index (χ1) is 10.3.